The first-order chi connectivity index (χ1) is 11.2. The molecule has 23 heavy (non-hydrogen) atoms. The van der Waals surface area contributed by atoms with Gasteiger partial charge < -0.3 is 4.74 Å². The number of ether oxygens (including phenoxy) is 1. The standard InChI is InChI=1S/C21H20O2/c1-23-19-4-2-3-14-8-15-10-20(22)21(12-16(15)9-18(14)19)11-13-5-6-17(21)7-13/h2-6,8-9,13,17H,7,10-12H2,1H3. The summed E-state index contributed by atoms with van der Waals surface area (Å²) in [7, 11) is 1.72. The van der Waals surface area contributed by atoms with Crippen LogP contribution in [-0.2, 0) is 17.6 Å². The Morgan fingerprint density at radius 2 is 2.09 bits per heavy atom. The van der Waals surface area contributed by atoms with E-state index in [2.05, 4.69) is 30.4 Å². The van der Waals surface area contributed by atoms with E-state index in [1.807, 2.05) is 12.1 Å². The van der Waals surface area contributed by atoms with Gasteiger partial charge in [-0.1, -0.05) is 30.4 Å². The van der Waals surface area contributed by atoms with E-state index in [1.54, 1.807) is 7.11 Å². The number of Topliss-reactive ketones (excluding diaryl/α,β-unsaturated/α-hetero) is 1. The minimum Gasteiger partial charge on any atom is -0.496 e. The summed E-state index contributed by atoms with van der Waals surface area (Å²) in [6, 6.07) is 10.6. The monoisotopic (exact) mass is 304 g/mol. The largest absolute Gasteiger partial charge is 0.496 e. The Kier molecular flexibility index (Phi) is 2.60. The molecule has 1 spiro atoms. The Hall–Kier alpha value is -2.09. The number of allylic oxidation sites excluding steroid dienone is 2. The molecule has 3 aliphatic carbocycles. The van der Waals surface area contributed by atoms with Crippen LogP contribution < -0.4 is 4.74 Å². The summed E-state index contributed by atoms with van der Waals surface area (Å²) in [6.07, 6.45) is 8.36. The molecule has 0 N–H and O–H groups in total. The van der Waals surface area contributed by atoms with Crippen molar-refractivity contribution in [3.8, 4) is 5.75 Å². The normalized spacial score (nSPS) is 31.1. The van der Waals surface area contributed by atoms with Crippen molar-refractivity contribution in [1.82, 2.24) is 0 Å². The molecule has 0 aromatic heterocycles. The fourth-order valence-electron chi connectivity index (χ4n) is 5.16. The predicted octanol–water partition coefficient (Wildman–Crippen LogP) is 4.10. The number of hydrogen-bond acceptors (Lipinski definition) is 2. The van der Waals surface area contributed by atoms with E-state index < -0.39 is 0 Å². The van der Waals surface area contributed by atoms with Crippen molar-refractivity contribution in [3.63, 3.8) is 0 Å². The van der Waals surface area contributed by atoms with Gasteiger partial charge in [-0.05, 0) is 59.7 Å². The molecule has 1 saturated carbocycles. The maximum Gasteiger partial charge on any atom is 0.144 e. The minimum atomic E-state index is -0.123. The summed E-state index contributed by atoms with van der Waals surface area (Å²) in [5.74, 6) is 2.47. The molecule has 1 fully saturated rings. The fourth-order valence-corrected chi connectivity index (χ4v) is 5.16. The molecular weight excluding hydrogens is 284 g/mol. The highest BCUT2D eigenvalue weighted by atomic mass is 16.5. The third kappa shape index (κ3) is 1.72. The second kappa shape index (κ2) is 4.47. The van der Waals surface area contributed by atoms with Crippen molar-refractivity contribution in [2.75, 3.05) is 7.11 Å². The van der Waals surface area contributed by atoms with Crippen LogP contribution in [0, 0.1) is 17.3 Å². The lowest BCUT2D eigenvalue weighted by Crippen LogP contribution is -2.41. The van der Waals surface area contributed by atoms with Gasteiger partial charge in [-0.15, -0.1) is 0 Å². The average molecular weight is 304 g/mol. The maximum atomic E-state index is 13.0. The molecule has 2 heteroatoms. The van der Waals surface area contributed by atoms with E-state index in [-0.39, 0.29) is 5.41 Å². The highest BCUT2D eigenvalue weighted by Gasteiger charge is 2.54. The summed E-state index contributed by atoms with van der Waals surface area (Å²) in [6.45, 7) is 0. The molecule has 2 bridgehead atoms. The molecule has 2 nitrogen and oxygen atoms in total. The second-order valence-corrected chi connectivity index (χ2v) is 7.43. The van der Waals surface area contributed by atoms with Crippen LogP contribution in [0.4, 0.5) is 0 Å². The first-order valence-electron chi connectivity index (χ1n) is 8.50. The maximum absolute atomic E-state index is 13.0. The van der Waals surface area contributed by atoms with Crippen LogP contribution in [-0.4, -0.2) is 12.9 Å². The number of carbonyl (C=O) groups excluding carboxylic acids is 1. The molecule has 0 saturated heterocycles. The second-order valence-electron chi connectivity index (χ2n) is 7.43. The van der Waals surface area contributed by atoms with E-state index in [0.29, 0.717) is 24.0 Å². The van der Waals surface area contributed by atoms with E-state index in [9.17, 15) is 4.79 Å². The van der Waals surface area contributed by atoms with E-state index >= 15 is 0 Å². The third-order valence-corrected chi connectivity index (χ3v) is 6.30. The van der Waals surface area contributed by atoms with Gasteiger partial charge in [0.1, 0.15) is 11.5 Å². The van der Waals surface area contributed by atoms with Crippen molar-refractivity contribution in [2.45, 2.75) is 25.7 Å². The Bertz CT molecular complexity index is 864. The number of rotatable bonds is 1. The van der Waals surface area contributed by atoms with Gasteiger partial charge in [0.05, 0.1) is 7.11 Å². The van der Waals surface area contributed by atoms with E-state index in [1.165, 1.54) is 22.9 Å². The van der Waals surface area contributed by atoms with Crippen LogP contribution in [0.2, 0.25) is 0 Å². The SMILES string of the molecule is COc1cccc2cc3c(cc12)CC1(CC2C=CC1C2)C(=O)C3. The highest BCUT2D eigenvalue weighted by molar-refractivity contribution is 5.95. The lowest BCUT2D eigenvalue weighted by Gasteiger charge is -2.38. The zero-order valence-electron chi connectivity index (χ0n) is 13.3. The summed E-state index contributed by atoms with van der Waals surface area (Å²) in [5, 5.41) is 2.33. The van der Waals surface area contributed by atoms with E-state index in [4.69, 9.17) is 4.74 Å². The molecule has 0 heterocycles. The van der Waals surface area contributed by atoms with Gasteiger partial charge in [-0.2, -0.15) is 0 Å². The first kappa shape index (κ1) is 13.4. The van der Waals surface area contributed by atoms with Crippen LogP contribution in [0.5, 0.6) is 5.75 Å². The molecular formula is C21H20O2. The lowest BCUT2D eigenvalue weighted by molar-refractivity contribution is -0.130. The molecule has 3 unspecified atom stereocenters. The van der Waals surface area contributed by atoms with Crippen LogP contribution in [0.1, 0.15) is 24.0 Å². The topological polar surface area (TPSA) is 26.3 Å². The number of carbonyl (C=O) groups is 1. The van der Waals surface area contributed by atoms with Crippen molar-refractivity contribution in [3.05, 3.63) is 53.6 Å². The highest BCUT2D eigenvalue weighted by Crippen LogP contribution is 2.56. The molecule has 0 amide bonds. The van der Waals surface area contributed by atoms with Crippen molar-refractivity contribution < 1.29 is 9.53 Å². The van der Waals surface area contributed by atoms with Crippen LogP contribution >= 0.6 is 0 Å². The zero-order chi connectivity index (χ0) is 15.6. The summed E-state index contributed by atoms with van der Waals surface area (Å²) in [4.78, 5) is 13.0. The Labute approximate surface area is 136 Å². The van der Waals surface area contributed by atoms with Gasteiger partial charge in [0.2, 0.25) is 0 Å². The molecule has 0 aliphatic heterocycles. The fraction of sp³-hybridized carbons (Fsp3) is 0.381. The molecule has 3 atom stereocenters. The molecule has 5 rings (SSSR count). The van der Waals surface area contributed by atoms with Gasteiger partial charge in [0, 0.05) is 17.2 Å². The lowest BCUT2D eigenvalue weighted by atomic mass is 9.63. The minimum absolute atomic E-state index is 0.123. The average Bonchev–Trinajstić information content (AvgIpc) is 3.15. The first-order valence-corrected chi connectivity index (χ1v) is 8.50. The molecule has 0 radical (unpaired) electrons. The van der Waals surface area contributed by atoms with Crippen molar-refractivity contribution >= 4 is 16.6 Å². The van der Waals surface area contributed by atoms with Gasteiger partial charge in [0.15, 0.2) is 0 Å². The number of hydrogen-bond donors (Lipinski definition) is 0. The molecule has 2 aromatic carbocycles. The van der Waals surface area contributed by atoms with Gasteiger partial charge >= 0.3 is 0 Å². The van der Waals surface area contributed by atoms with Crippen LogP contribution in [0.25, 0.3) is 10.8 Å². The van der Waals surface area contributed by atoms with Crippen LogP contribution in [0.3, 0.4) is 0 Å². The number of fused-ring (bicyclic) bond motifs is 5. The quantitative estimate of drug-likeness (QED) is 0.742. The Morgan fingerprint density at radius 3 is 2.83 bits per heavy atom. The summed E-state index contributed by atoms with van der Waals surface area (Å²) in [5.41, 5.74) is 2.44. The molecule has 2 aromatic rings. The third-order valence-electron chi connectivity index (χ3n) is 6.30. The van der Waals surface area contributed by atoms with Gasteiger partial charge in [0.25, 0.3) is 0 Å². The van der Waals surface area contributed by atoms with Crippen LogP contribution in [0.15, 0.2) is 42.5 Å². The molecule has 3 aliphatic rings. The zero-order valence-corrected chi connectivity index (χ0v) is 13.3. The smallest absolute Gasteiger partial charge is 0.144 e. The van der Waals surface area contributed by atoms with Gasteiger partial charge in [-0.3, -0.25) is 4.79 Å². The Morgan fingerprint density at radius 1 is 1.17 bits per heavy atom. The van der Waals surface area contributed by atoms with Gasteiger partial charge in [-0.25, -0.2) is 0 Å². The number of benzene rings is 2. The summed E-state index contributed by atoms with van der Waals surface area (Å²) >= 11 is 0. The predicted molar refractivity (Wildman–Crippen MR) is 90.7 cm³/mol. The van der Waals surface area contributed by atoms with Crippen molar-refractivity contribution in [2.24, 2.45) is 17.3 Å². The number of methoxy groups -OCH3 is 1. The van der Waals surface area contributed by atoms with Crippen molar-refractivity contribution in [1.29, 1.82) is 0 Å². The summed E-state index contributed by atoms with van der Waals surface area (Å²) < 4.78 is 5.53. The van der Waals surface area contributed by atoms with E-state index in [0.717, 1.165) is 24.0 Å². The molecule has 116 valence electrons. The number of ketones is 1. The Balaban J connectivity index is 1.66.